The van der Waals surface area contributed by atoms with Crippen molar-refractivity contribution in [1.29, 1.82) is 0 Å². The molecule has 3 aromatic carbocycles. The minimum atomic E-state index is -0.665. The van der Waals surface area contributed by atoms with Crippen molar-refractivity contribution in [2.24, 2.45) is 0 Å². The van der Waals surface area contributed by atoms with Crippen molar-refractivity contribution in [3.8, 4) is 11.5 Å². The van der Waals surface area contributed by atoms with Gasteiger partial charge in [-0.2, -0.15) is 0 Å². The minimum Gasteiger partial charge on any atom is -0.480 e. The lowest BCUT2D eigenvalue weighted by molar-refractivity contribution is -0.122. The normalized spacial score (nSPS) is 12.4. The first-order chi connectivity index (χ1) is 16.2. The predicted molar refractivity (Wildman–Crippen MR) is 136 cm³/mol. The van der Waals surface area contributed by atoms with E-state index in [1.54, 1.807) is 38.1 Å². The topological polar surface area (TPSA) is 76.7 Å². The number of hydrogen-bond donors (Lipinski definition) is 2. The van der Waals surface area contributed by atoms with Crippen LogP contribution in [0.5, 0.6) is 11.5 Å². The molecule has 0 saturated carbocycles. The van der Waals surface area contributed by atoms with E-state index in [2.05, 4.69) is 10.6 Å². The first-order valence-corrected chi connectivity index (χ1v) is 11.3. The monoisotopic (exact) mass is 460 g/mol. The van der Waals surface area contributed by atoms with Crippen LogP contribution in [0.25, 0.3) is 0 Å². The van der Waals surface area contributed by atoms with Crippen LogP contribution in [0.3, 0.4) is 0 Å². The second-order valence-electron chi connectivity index (χ2n) is 8.52. The second-order valence-corrected chi connectivity index (χ2v) is 8.52. The van der Waals surface area contributed by atoms with E-state index in [-0.39, 0.29) is 11.8 Å². The van der Waals surface area contributed by atoms with Gasteiger partial charge in [0.1, 0.15) is 11.5 Å². The average Bonchev–Trinajstić information content (AvgIpc) is 2.79. The van der Waals surface area contributed by atoms with Crippen LogP contribution >= 0.6 is 0 Å². The zero-order valence-corrected chi connectivity index (χ0v) is 20.6. The quantitative estimate of drug-likeness (QED) is 0.450. The molecule has 0 heterocycles. The number of carbonyl (C=O) groups is 2. The summed E-state index contributed by atoms with van der Waals surface area (Å²) in [6.07, 6.45) is -1.33. The van der Waals surface area contributed by atoms with Gasteiger partial charge < -0.3 is 20.1 Å². The van der Waals surface area contributed by atoms with E-state index >= 15 is 0 Å². The molecule has 178 valence electrons. The summed E-state index contributed by atoms with van der Waals surface area (Å²) in [7, 11) is 0. The Kier molecular flexibility index (Phi) is 7.95. The number of nitrogens with one attached hydrogen (secondary N) is 2. The van der Waals surface area contributed by atoms with Gasteiger partial charge in [0.25, 0.3) is 11.8 Å². The molecule has 0 saturated heterocycles. The molecule has 2 atom stereocenters. The highest BCUT2D eigenvalue weighted by Gasteiger charge is 2.19. The lowest BCUT2D eigenvalue weighted by atomic mass is 10.1. The van der Waals surface area contributed by atoms with Gasteiger partial charge in [-0.05, 0) is 88.1 Å². The molecule has 0 fully saturated rings. The molecule has 3 rings (SSSR count). The number of hydrogen-bond acceptors (Lipinski definition) is 4. The molecule has 2 N–H and O–H groups in total. The summed E-state index contributed by atoms with van der Waals surface area (Å²) in [6, 6.07) is 18.7. The van der Waals surface area contributed by atoms with Crippen molar-refractivity contribution in [1.82, 2.24) is 0 Å². The summed E-state index contributed by atoms with van der Waals surface area (Å²) in [4.78, 5) is 25.2. The van der Waals surface area contributed by atoms with Crippen molar-refractivity contribution < 1.29 is 19.1 Å². The van der Waals surface area contributed by atoms with E-state index < -0.39 is 12.2 Å². The molecule has 2 unspecified atom stereocenters. The third kappa shape index (κ3) is 6.16. The maximum Gasteiger partial charge on any atom is 0.265 e. The highest BCUT2D eigenvalue weighted by Crippen LogP contribution is 2.25. The molecule has 0 radical (unpaired) electrons. The van der Waals surface area contributed by atoms with Gasteiger partial charge in [0.05, 0.1) is 0 Å². The Labute approximate surface area is 201 Å². The zero-order valence-electron chi connectivity index (χ0n) is 20.6. The second kappa shape index (κ2) is 10.9. The van der Waals surface area contributed by atoms with Gasteiger partial charge in [0.15, 0.2) is 12.2 Å². The summed E-state index contributed by atoms with van der Waals surface area (Å²) in [6.45, 7) is 11.2. The molecule has 0 aromatic heterocycles. The Bertz CT molecular complexity index is 1040. The summed E-state index contributed by atoms with van der Waals surface area (Å²) in [5.74, 6) is 0.936. The summed E-state index contributed by atoms with van der Waals surface area (Å²) in [5, 5.41) is 5.70. The third-order valence-corrected chi connectivity index (χ3v) is 5.57. The molecule has 6 nitrogen and oxygen atoms in total. The van der Waals surface area contributed by atoms with Crippen LogP contribution in [0, 0.1) is 27.7 Å². The highest BCUT2D eigenvalue weighted by molar-refractivity contribution is 5.96. The van der Waals surface area contributed by atoms with Crippen LogP contribution in [0.4, 0.5) is 11.4 Å². The van der Waals surface area contributed by atoms with E-state index in [1.807, 2.05) is 64.1 Å². The summed E-state index contributed by atoms with van der Waals surface area (Å²) < 4.78 is 11.8. The molecule has 6 heteroatoms. The van der Waals surface area contributed by atoms with Crippen LogP contribution in [0.1, 0.15) is 36.1 Å². The fourth-order valence-electron chi connectivity index (χ4n) is 3.56. The Morgan fingerprint density at radius 3 is 1.18 bits per heavy atom. The first kappa shape index (κ1) is 24.8. The molecular weight excluding hydrogens is 428 g/mol. The number of amides is 2. The zero-order chi connectivity index (χ0) is 24.8. The lowest BCUT2D eigenvalue weighted by Gasteiger charge is -2.19. The first-order valence-electron chi connectivity index (χ1n) is 11.3. The number of benzene rings is 3. The van der Waals surface area contributed by atoms with Crippen molar-refractivity contribution in [3.05, 3.63) is 82.9 Å². The summed E-state index contributed by atoms with van der Waals surface area (Å²) in [5.41, 5.74) is 5.15. The number of rotatable bonds is 8. The average molecular weight is 461 g/mol. The Hall–Kier alpha value is -3.80. The number of ether oxygens (including phenoxy) is 2. The maximum atomic E-state index is 12.6. The number of anilines is 2. The molecule has 0 spiro atoms. The van der Waals surface area contributed by atoms with Crippen LogP contribution < -0.4 is 20.1 Å². The van der Waals surface area contributed by atoms with Crippen molar-refractivity contribution in [3.63, 3.8) is 0 Å². The van der Waals surface area contributed by atoms with E-state index in [9.17, 15) is 9.59 Å². The maximum absolute atomic E-state index is 12.6. The van der Waals surface area contributed by atoms with Crippen LogP contribution in [-0.2, 0) is 9.59 Å². The van der Waals surface area contributed by atoms with Gasteiger partial charge >= 0.3 is 0 Å². The number of carbonyl (C=O) groups excluding carboxylic acids is 2. The van der Waals surface area contributed by atoms with E-state index in [0.29, 0.717) is 11.4 Å². The Morgan fingerprint density at radius 2 is 0.882 bits per heavy atom. The van der Waals surface area contributed by atoms with Gasteiger partial charge in [-0.15, -0.1) is 0 Å². The number of aryl methyl sites for hydroxylation is 4. The van der Waals surface area contributed by atoms with Crippen molar-refractivity contribution >= 4 is 23.2 Å². The smallest absolute Gasteiger partial charge is 0.265 e. The fraction of sp³-hybridized carbons (Fsp3) is 0.286. The largest absolute Gasteiger partial charge is 0.480 e. The van der Waals surface area contributed by atoms with E-state index in [0.717, 1.165) is 33.8 Å². The highest BCUT2D eigenvalue weighted by atomic mass is 16.5. The standard InChI is InChI=1S/C28H32N2O4/c1-17-9-7-10-18(2)25(17)33-21(5)27(31)29-23-13-15-24(16-14-23)30-28(32)22(6)34-26-19(3)11-8-12-20(26)4/h7-16,21-22H,1-6H3,(H,29,31)(H,30,32). The Morgan fingerprint density at radius 1 is 0.588 bits per heavy atom. The van der Waals surface area contributed by atoms with Crippen LogP contribution in [0.2, 0.25) is 0 Å². The van der Waals surface area contributed by atoms with E-state index in [4.69, 9.17) is 9.47 Å². The van der Waals surface area contributed by atoms with Crippen LogP contribution in [-0.4, -0.2) is 24.0 Å². The van der Waals surface area contributed by atoms with Gasteiger partial charge in [-0.3, -0.25) is 9.59 Å². The van der Waals surface area contributed by atoms with Gasteiger partial charge in [-0.1, -0.05) is 36.4 Å². The SMILES string of the molecule is Cc1cccc(C)c1OC(C)C(=O)Nc1ccc(NC(=O)C(C)Oc2c(C)cccc2C)cc1. The van der Waals surface area contributed by atoms with Gasteiger partial charge in [-0.25, -0.2) is 0 Å². The van der Waals surface area contributed by atoms with Gasteiger partial charge in [0, 0.05) is 11.4 Å². The molecule has 0 aliphatic heterocycles. The molecule has 2 amide bonds. The van der Waals surface area contributed by atoms with Gasteiger partial charge in [0.2, 0.25) is 0 Å². The molecule has 34 heavy (non-hydrogen) atoms. The molecule has 3 aromatic rings. The predicted octanol–water partition coefficient (Wildman–Crippen LogP) is 5.73. The number of para-hydroxylation sites is 2. The molecular formula is C28H32N2O4. The van der Waals surface area contributed by atoms with E-state index in [1.165, 1.54) is 0 Å². The summed E-state index contributed by atoms with van der Waals surface area (Å²) >= 11 is 0. The third-order valence-electron chi connectivity index (χ3n) is 5.57. The fourth-order valence-corrected chi connectivity index (χ4v) is 3.56. The minimum absolute atomic E-state index is 0.255. The van der Waals surface area contributed by atoms with Crippen molar-refractivity contribution in [2.45, 2.75) is 53.8 Å². The lowest BCUT2D eigenvalue weighted by Crippen LogP contribution is -2.31. The molecule has 0 aliphatic carbocycles. The van der Waals surface area contributed by atoms with Crippen molar-refractivity contribution in [2.75, 3.05) is 10.6 Å². The van der Waals surface area contributed by atoms with Crippen LogP contribution in [0.15, 0.2) is 60.7 Å². The Balaban J connectivity index is 1.56. The molecule has 0 aliphatic rings. The molecule has 0 bridgehead atoms.